The monoisotopic (exact) mass is 479 g/mol. The van der Waals surface area contributed by atoms with Gasteiger partial charge in [-0.15, -0.1) is 0 Å². The van der Waals surface area contributed by atoms with Crippen molar-refractivity contribution in [3.05, 3.63) is 0 Å². The standard InChI is InChI=1S/C14H19F7O8S/c1-5-10(2,3)8(22)29-12(9(23)27-4,13(17,18)19)28-7-6-11(15,16)14(20,21)30(24,25)26/h5-7H2,1-4H3,(H,24,25,26)/p-1. The van der Waals surface area contributed by atoms with Crippen molar-refractivity contribution in [2.24, 2.45) is 5.41 Å². The van der Waals surface area contributed by atoms with Crippen molar-refractivity contribution in [3.63, 3.8) is 0 Å². The van der Waals surface area contributed by atoms with E-state index in [1.54, 1.807) is 0 Å². The van der Waals surface area contributed by atoms with Crippen LogP contribution in [-0.4, -0.2) is 61.8 Å². The molecule has 0 saturated heterocycles. The van der Waals surface area contributed by atoms with Crippen molar-refractivity contribution in [2.45, 2.75) is 56.8 Å². The van der Waals surface area contributed by atoms with Crippen LogP contribution >= 0.6 is 0 Å². The second-order valence-corrected chi connectivity index (χ2v) is 7.93. The lowest BCUT2D eigenvalue weighted by atomic mass is 9.90. The van der Waals surface area contributed by atoms with Gasteiger partial charge in [-0.05, 0) is 20.3 Å². The van der Waals surface area contributed by atoms with E-state index in [2.05, 4.69) is 14.2 Å². The minimum absolute atomic E-state index is 0.105. The van der Waals surface area contributed by atoms with Crippen LogP contribution < -0.4 is 0 Å². The second kappa shape index (κ2) is 8.82. The number of methoxy groups -OCH3 is 1. The van der Waals surface area contributed by atoms with E-state index in [-0.39, 0.29) is 6.42 Å². The van der Waals surface area contributed by atoms with E-state index >= 15 is 0 Å². The second-order valence-electron chi connectivity index (χ2n) is 6.51. The molecule has 0 N–H and O–H groups in total. The number of hydrogen-bond donors (Lipinski definition) is 0. The lowest BCUT2D eigenvalue weighted by molar-refractivity contribution is -0.359. The van der Waals surface area contributed by atoms with Crippen LogP contribution in [0.1, 0.15) is 33.6 Å². The van der Waals surface area contributed by atoms with Gasteiger partial charge in [0.05, 0.1) is 19.1 Å². The van der Waals surface area contributed by atoms with Crippen molar-refractivity contribution in [2.75, 3.05) is 13.7 Å². The molecular formula is C14H18F7O8S-. The number of ether oxygens (including phenoxy) is 3. The van der Waals surface area contributed by atoms with Crippen molar-refractivity contribution in [3.8, 4) is 0 Å². The Labute approximate surface area is 166 Å². The molecular weight excluding hydrogens is 461 g/mol. The zero-order valence-corrected chi connectivity index (χ0v) is 16.8. The van der Waals surface area contributed by atoms with Gasteiger partial charge in [-0.2, -0.15) is 30.7 Å². The maximum atomic E-state index is 13.5. The maximum Gasteiger partial charge on any atom is 0.468 e. The van der Waals surface area contributed by atoms with Gasteiger partial charge in [0.25, 0.3) is 0 Å². The molecule has 16 heteroatoms. The highest BCUT2D eigenvalue weighted by molar-refractivity contribution is 7.86. The van der Waals surface area contributed by atoms with E-state index in [1.807, 2.05) is 0 Å². The molecule has 0 bridgehead atoms. The van der Waals surface area contributed by atoms with Gasteiger partial charge >= 0.3 is 35.1 Å². The van der Waals surface area contributed by atoms with Crippen molar-refractivity contribution in [1.29, 1.82) is 0 Å². The fourth-order valence-corrected chi connectivity index (χ4v) is 2.05. The molecule has 1 atom stereocenters. The Morgan fingerprint density at radius 1 is 0.967 bits per heavy atom. The van der Waals surface area contributed by atoms with Gasteiger partial charge in [-0.1, -0.05) is 6.92 Å². The number of alkyl halides is 7. The van der Waals surface area contributed by atoms with E-state index in [1.165, 1.54) is 6.92 Å². The summed E-state index contributed by atoms with van der Waals surface area (Å²) >= 11 is 0. The minimum atomic E-state index is -6.91. The average molecular weight is 479 g/mol. The topological polar surface area (TPSA) is 119 Å². The summed E-state index contributed by atoms with van der Waals surface area (Å²) in [4.78, 5) is 23.7. The van der Waals surface area contributed by atoms with Gasteiger partial charge < -0.3 is 18.8 Å². The summed E-state index contributed by atoms with van der Waals surface area (Å²) in [7, 11) is -6.50. The molecule has 0 rings (SSSR count). The molecule has 1 unspecified atom stereocenters. The zero-order chi connectivity index (χ0) is 24.4. The van der Waals surface area contributed by atoms with Crippen LogP contribution in [0.25, 0.3) is 0 Å². The highest BCUT2D eigenvalue weighted by Gasteiger charge is 2.69. The first-order chi connectivity index (χ1) is 13.1. The molecule has 30 heavy (non-hydrogen) atoms. The van der Waals surface area contributed by atoms with Gasteiger partial charge in [0, 0.05) is 6.42 Å². The Hall–Kier alpha value is -1.68. The number of rotatable bonds is 10. The average Bonchev–Trinajstić information content (AvgIpc) is 2.57. The number of halogens is 7. The molecule has 0 radical (unpaired) electrons. The first-order valence-corrected chi connectivity index (χ1v) is 9.27. The lowest BCUT2D eigenvalue weighted by Gasteiger charge is -2.35. The van der Waals surface area contributed by atoms with E-state index in [0.29, 0.717) is 7.11 Å². The summed E-state index contributed by atoms with van der Waals surface area (Å²) in [6.07, 6.45) is -8.50. The van der Waals surface area contributed by atoms with Crippen LogP contribution in [-0.2, 0) is 33.9 Å². The Kier molecular flexibility index (Phi) is 8.33. The van der Waals surface area contributed by atoms with Gasteiger partial charge in [-0.25, -0.2) is 13.2 Å². The Morgan fingerprint density at radius 2 is 1.43 bits per heavy atom. The SMILES string of the molecule is CCC(C)(C)C(=O)OC(OCCC(F)(F)C(F)(F)S(=O)(=O)[O-])(C(=O)OC)C(F)(F)F. The molecule has 0 aliphatic rings. The normalized spacial score (nSPS) is 16.0. The van der Waals surface area contributed by atoms with Gasteiger partial charge in [0.15, 0.2) is 10.1 Å². The van der Waals surface area contributed by atoms with E-state index < -0.39 is 63.6 Å². The smallest absolute Gasteiger partial charge is 0.468 e. The molecule has 0 aliphatic carbocycles. The Balaban J connectivity index is 5.99. The fraction of sp³-hybridized carbons (Fsp3) is 0.857. The predicted octanol–water partition coefficient (Wildman–Crippen LogP) is 2.58. The largest absolute Gasteiger partial charge is 0.743 e. The Bertz CT molecular complexity index is 748. The quantitative estimate of drug-likeness (QED) is 0.203. The highest BCUT2D eigenvalue weighted by Crippen LogP contribution is 2.43. The molecule has 0 aliphatic heterocycles. The lowest BCUT2D eigenvalue weighted by Crippen LogP contribution is -2.59. The third kappa shape index (κ3) is 5.51. The van der Waals surface area contributed by atoms with Crippen molar-refractivity contribution >= 4 is 22.1 Å². The summed E-state index contributed by atoms with van der Waals surface area (Å²) in [5, 5.41) is -6.20. The summed E-state index contributed by atoms with van der Waals surface area (Å²) in [5.74, 6) is -14.4. The molecule has 0 aromatic carbocycles. The summed E-state index contributed by atoms with van der Waals surface area (Å²) in [6.45, 7) is 1.50. The van der Waals surface area contributed by atoms with E-state index in [4.69, 9.17) is 0 Å². The number of carbonyl (C=O) groups is 2. The maximum absolute atomic E-state index is 13.5. The zero-order valence-electron chi connectivity index (χ0n) is 15.9. The van der Waals surface area contributed by atoms with Crippen molar-refractivity contribution < 1.29 is 67.5 Å². The summed E-state index contributed by atoms with van der Waals surface area (Å²) in [5.41, 5.74) is -1.62. The number of carbonyl (C=O) groups excluding carboxylic acids is 2. The number of esters is 2. The summed E-state index contributed by atoms with van der Waals surface area (Å²) < 4.78 is 136. The molecule has 0 aromatic heterocycles. The minimum Gasteiger partial charge on any atom is -0.743 e. The van der Waals surface area contributed by atoms with Crippen molar-refractivity contribution in [1.82, 2.24) is 0 Å². The van der Waals surface area contributed by atoms with Crippen LogP contribution in [0.3, 0.4) is 0 Å². The third-order valence-electron chi connectivity index (χ3n) is 3.96. The molecule has 0 fully saturated rings. The molecule has 0 heterocycles. The summed E-state index contributed by atoms with van der Waals surface area (Å²) in [6, 6.07) is 0. The highest BCUT2D eigenvalue weighted by atomic mass is 32.2. The Morgan fingerprint density at radius 3 is 1.77 bits per heavy atom. The van der Waals surface area contributed by atoms with Gasteiger partial charge in [-0.3, -0.25) is 4.79 Å². The number of hydrogen-bond acceptors (Lipinski definition) is 8. The van der Waals surface area contributed by atoms with Crippen LogP contribution in [0, 0.1) is 5.41 Å². The van der Waals surface area contributed by atoms with Crippen LogP contribution in [0.4, 0.5) is 30.7 Å². The molecule has 8 nitrogen and oxygen atoms in total. The van der Waals surface area contributed by atoms with E-state index in [0.717, 1.165) is 13.8 Å². The van der Waals surface area contributed by atoms with Crippen LogP contribution in [0.15, 0.2) is 0 Å². The molecule has 0 aromatic rings. The van der Waals surface area contributed by atoms with E-state index in [9.17, 15) is 53.3 Å². The fourth-order valence-electron chi connectivity index (χ4n) is 1.58. The van der Waals surface area contributed by atoms with Crippen LogP contribution in [0.5, 0.6) is 0 Å². The molecule has 0 saturated carbocycles. The third-order valence-corrected chi connectivity index (χ3v) is 4.89. The van der Waals surface area contributed by atoms with Crippen LogP contribution in [0.2, 0.25) is 0 Å². The molecule has 0 spiro atoms. The first-order valence-electron chi connectivity index (χ1n) is 7.86. The molecule has 178 valence electrons. The van der Waals surface area contributed by atoms with Gasteiger partial charge in [0.1, 0.15) is 0 Å². The first kappa shape index (κ1) is 28.3. The van der Waals surface area contributed by atoms with Gasteiger partial charge in [0.2, 0.25) is 0 Å². The molecule has 0 amide bonds. The predicted molar refractivity (Wildman–Crippen MR) is 81.1 cm³/mol.